The smallest absolute Gasteiger partial charge is 0.0330 e. The van der Waals surface area contributed by atoms with Crippen molar-refractivity contribution < 1.29 is 0 Å². The maximum Gasteiger partial charge on any atom is 0.0330 e. The molecule has 4 rings (SSSR count). The van der Waals surface area contributed by atoms with Gasteiger partial charge in [0.25, 0.3) is 0 Å². The molecule has 0 amide bonds. The van der Waals surface area contributed by atoms with Crippen LogP contribution in [-0.2, 0) is 0 Å². The predicted octanol–water partition coefficient (Wildman–Crippen LogP) is 7.98. The minimum atomic E-state index is 0.318. The van der Waals surface area contributed by atoms with Crippen LogP contribution in [0.1, 0.15) is 66.2 Å². The lowest BCUT2D eigenvalue weighted by molar-refractivity contribution is 0.181. The van der Waals surface area contributed by atoms with E-state index >= 15 is 0 Å². The quantitative estimate of drug-likeness (QED) is 0.286. The summed E-state index contributed by atoms with van der Waals surface area (Å²) in [4.78, 5) is 0. The minimum Gasteiger partial charge on any atom is -0.0836 e. The normalized spacial score (nSPS) is 35.4. The van der Waals surface area contributed by atoms with E-state index in [0.717, 1.165) is 17.8 Å². The average Bonchev–Trinajstić information content (AvgIpc) is 2.85. The standard InChI is InChI=1S/C26H35I/c1-5-18(21-11-10-19-8-6-7-9-20(19)14-21)15-24-17(2)23-13-12-22(27)16-25(23)26(24,3)4/h6,8,10-11,13,16-18,21-22,24H,5,7,9,12,14-15H2,1-4H3. The molecule has 1 fully saturated rings. The van der Waals surface area contributed by atoms with Crippen molar-refractivity contribution in [3.63, 3.8) is 0 Å². The first-order valence-electron chi connectivity index (χ1n) is 11.0. The second-order valence-electron chi connectivity index (χ2n) is 9.74. The Labute approximate surface area is 180 Å². The summed E-state index contributed by atoms with van der Waals surface area (Å²) in [5.74, 6) is 3.04. The summed E-state index contributed by atoms with van der Waals surface area (Å²) in [5.41, 5.74) is 6.89. The molecule has 0 N–H and O–H groups in total. The van der Waals surface area contributed by atoms with Crippen LogP contribution >= 0.6 is 22.6 Å². The van der Waals surface area contributed by atoms with E-state index in [1.54, 1.807) is 16.7 Å². The molecule has 0 spiro atoms. The molecule has 5 unspecified atom stereocenters. The van der Waals surface area contributed by atoms with Gasteiger partial charge in [0, 0.05) is 3.92 Å². The average molecular weight is 474 g/mol. The van der Waals surface area contributed by atoms with Crippen LogP contribution in [0.3, 0.4) is 0 Å². The van der Waals surface area contributed by atoms with Crippen molar-refractivity contribution in [2.75, 3.05) is 0 Å². The summed E-state index contributed by atoms with van der Waals surface area (Å²) in [6, 6.07) is 0. The summed E-state index contributed by atoms with van der Waals surface area (Å²) in [6.45, 7) is 9.96. The molecule has 4 aliphatic carbocycles. The highest BCUT2D eigenvalue weighted by molar-refractivity contribution is 14.1. The Kier molecular flexibility index (Phi) is 5.62. The van der Waals surface area contributed by atoms with E-state index in [9.17, 15) is 0 Å². The van der Waals surface area contributed by atoms with Gasteiger partial charge in [-0.2, -0.15) is 0 Å². The Morgan fingerprint density at radius 1 is 1.26 bits per heavy atom. The number of hydrogen-bond donors (Lipinski definition) is 0. The first-order valence-corrected chi connectivity index (χ1v) is 12.3. The van der Waals surface area contributed by atoms with Crippen molar-refractivity contribution in [3.05, 3.63) is 58.7 Å². The van der Waals surface area contributed by atoms with Crippen LogP contribution in [0.5, 0.6) is 0 Å². The first kappa shape index (κ1) is 19.7. The molecule has 4 aliphatic rings. The maximum atomic E-state index is 2.61. The van der Waals surface area contributed by atoms with Gasteiger partial charge in [0.1, 0.15) is 0 Å². The monoisotopic (exact) mass is 474 g/mol. The van der Waals surface area contributed by atoms with Gasteiger partial charge in [-0.15, -0.1) is 0 Å². The highest BCUT2D eigenvalue weighted by Crippen LogP contribution is 2.58. The van der Waals surface area contributed by atoms with Crippen molar-refractivity contribution in [3.8, 4) is 0 Å². The third-order valence-corrected chi connectivity index (χ3v) is 8.81. The first-order chi connectivity index (χ1) is 12.9. The lowest BCUT2D eigenvalue weighted by Gasteiger charge is -2.36. The Hall–Kier alpha value is -0.570. The molecule has 0 radical (unpaired) electrons. The van der Waals surface area contributed by atoms with Crippen molar-refractivity contribution in [2.45, 2.75) is 70.1 Å². The van der Waals surface area contributed by atoms with Gasteiger partial charge >= 0.3 is 0 Å². The van der Waals surface area contributed by atoms with Gasteiger partial charge in [-0.25, -0.2) is 0 Å². The second kappa shape index (κ2) is 7.69. The van der Waals surface area contributed by atoms with Gasteiger partial charge in [0.15, 0.2) is 0 Å². The molecule has 1 heteroatoms. The Morgan fingerprint density at radius 2 is 2.07 bits per heavy atom. The van der Waals surface area contributed by atoms with Gasteiger partial charge < -0.3 is 0 Å². The lowest BCUT2D eigenvalue weighted by atomic mass is 9.68. The third-order valence-electron chi connectivity index (χ3n) is 7.95. The SMILES string of the molecule is CCC(CC1C(C)C2=CCC(I)C=C2C1(C)C)C1C=CC2=C(CCC=C2)C1. The molecule has 0 saturated heterocycles. The molecule has 0 aromatic rings. The summed E-state index contributed by atoms with van der Waals surface area (Å²) >= 11 is 2.61. The molecular formula is C26H35I. The zero-order valence-electron chi connectivity index (χ0n) is 17.5. The van der Waals surface area contributed by atoms with E-state index in [2.05, 4.69) is 86.7 Å². The third kappa shape index (κ3) is 3.58. The highest BCUT2D eigenvalue weighted by atomic mass is 127. The predicted molar refractivity (Wildman–Crippen MR) is 126 cm³/mol. The zero-order valence-corrected chi connectivity index (χ0v) is 19.6. The number of alkyl halides is 1. The van der Waals surface area contributed by atoms with Crippen molar-refractivity contribution in [2.24, 2.45) is 29.1 Å². The van der Waals surface area contributed by atoms with Gasteiger partial charge in [0.2, 0.25) is 0 Å². The number of fused-ring (bicyclic) bond motifs is 1. The summed E-state index contributed by atoms with van der Waals surface area (Å²) in [5, 5.41) is 0. The summed E-state index contributed by atoms with van der Waals surface area (Å²) < 4.78 is 0.680. The molecule has 0 aromatic carbocycles. The van der Waals surface area contributed by atoms with Crippen LogP contribution in [0.2, 0.25) is 0 Å². The molecule has 5 atom stereocenters. The topological polar surface area (TPSA) is 0 Å². The Balaban J connectivity index is 1.54. The van der Waals surface area contributed by atoms with Crippen LogP contribution in [-0.4, -0.2) is 3.92 Å². The highest BCUT2D eigenvalue weighted by Gasteiger charge is 2.48. The summed E-state index contributed by atoms with van der Waals surface area (Å²) in [6.07, 6.45) is 22.5. The second-order valence-corrected chi connectivity index (χ2v) is 11.3. The fourth-order valence-corrected chi connectivity index (χ4v) is 6.86. The largest absolute Gasteiger partial charge is 0.0836 e. The van der Waals surface area contributed by atoms with Crippen LogP contribution in [0.4, 0.5) is 0 Å². The van der Waals surface area contributed by atoms with E-state index in [4.69, 9.17) is 0 Å². The van der Waals surface area contributed by atoms with Crippen molar-refractivity contribution >= 4 is 22.6 Å². The molecule has 0 heterocycles. The number of rotatable bonds is 4. The Bertz CT molecular complexity index is 742. The van der Waals surface area contributed by atoms with Crippen LogP contribution in [0.25, 0.3) is 0 Å². The molecular weight excluding hydrogens is 439 g/mol. The number of halogens is 1. The van der Waals surface area contributed by atoms with Crippen LogP contribution in [0.15, 0.2) is 58.7 Å². The van der Waals surface area contributed by atoms with Crippen LogP contribution in [0, 0.1) is 29.1 Å². The molecule has 0 aliphatic heterocycles. The molecule has 0 nitrogen and oxygen atoms in total. The van der Waals surface area contributed by atoms with Crippen LogP contribution < -0.4 is 0 Å². The molecule has 0 aromatic heterocycles. The van der Waals surface area contributed by atoms with E-state index in [-0.39, 0.29) is 0 Å². The lowest BCUT2D eigenvalue weighted by Crippen LogP contribution is -2.28. The Morgan fingerprint density at radius 3 is 2.85 bits per heavy atom. The van der Waals surface area contributed by atoms with E-state index in [1.807, 2.05) is 0 Å². The van der Waals surface area contributed by atoms with E-state index in [0.29, 0.717) is 15.3 Å². The van der Waals surface area contributed by atoms with Gasteiger partial charge in [-0.05, 0) is 77.9 Å². The number of allylic oxidation sites excluding steroid dienone is 10. The summed E-state index contributed by atoms with van der Waals surface area (Å²) in [7, 11) is 0. The molecule has 1 saturated carbocycles. The minimum absolute atomic E-state index is 0.318. The maximum absolute atomic E-state index is 2.61. The fourth-order valence-electron chi connectivity index (χ4n) is 6.25. The van der Waals surface area contributed by atoms with Crippen molar-refractivity contribution in [1.29, 1.82) is 0 Å². The van der Waals surface area contributed by atoms with Gasteiger partial charge in [-0.3, -0.25) is 0 Å². The van der Waals surface area contributed by atoms with Crippen molar-refractivity contribution in [1.82, 2.24) is 0 Å². The van der Waals surface area contributed by atoms with Gasteiger partial charge in [0.05, 0.1) is 0 Å². The zero-order chi connectivity index (χ0) is 19.2. The molecule has 146 valence electrons. The van der Waals surface area contributed by atoms with E-state index < -0.39 is 0 Å². The molecule has 0 bridgehead atoms. The van der Waals surface area contributed by atoms with E-state index in [1.165, 1.54) is 44.1 Å². The molecule has 27 heavy (non-hydrogen) atoms. The van der Waals surface area contributed by atoms with Gasteiger partial charge in [-0.1, -0.05) is 98.7 Å². The fraction of sp³-hybridized carbons (Fsp3) is 0.615. The number of hydrogen-bond acceptors (Lipinski definition) is 0.